The summed E-state index contributed by atoms with van der Waals surface area (Å²) in [5.74, 6) is -0.427. The maximum absolute atomic E-state index is 12.3. The molecule has 1 atom stereocenters. The first-order valence-corrected chi connectivity index (χ1v) is 8.46. The van der Waals surface area contributed by atoms with Crippen molar-refractivity contribution in [2.45, 2.75) is 70.7 Å². The van der Waals surface area contributed by atoms with E-state index >= 15 is 0 Å². The average Bonchev–Trinajstić information content (AvgIpc) is 2.53. The fraction of sp³-hybridized carbons (Fsp3) is 0.632. The van der Waals surface area contributed by atoms with Gasteiger partial charge in [-0.15, -0.1) is 0 Å². The lowest BCUT2D eigenvalue weighted by Crippen LogP contribution is -2.58. The summed E-state index contributed by atoms with van der Waals surface area (Å²) in [7, 11) is 1.37. The van der Waals surface area contributed by atoms with Crippen molar-refractivity contribution in [3.8, 4) is 0 Å². The van der Waals surface area contributed by atoms with Gasteiger partial charge < -0.3 is 9.84 Å². The minimum Gasteiger partial charge on any atom is -0.467 e. The minimum atomic E-state index is -0.820. The molecule has 1 aliphatic rings. The molecule has 1 saturated heterocycles. The van der Waals surface area contributed by atoms with Crippen LogP contribution in [0.15, 0.2) is 24.3 Å². The molecule has 0 spiro atoms. The lowest BCUT2D eigenvalue weighted by atomic mass is 9.82. The Morgan fingerprint density at radius 2 is 1.71 bits per heavy atom. The number of carbonyl (C=O) groups is 1. The quantitative estimate of drug-likeness (QED) is 0.836. The van der Waals surface area contributed by atoms with Crippen molar-refractivity contribution in [2.24, 2.45) is 0 Å². The van der Waals surface area contributed by atoms with E-state index in [-0.39, 0.29) is 17.7 Å². The van der Waals surface area contributed by atoms with Gasteiger partial charge in [0.1, 0.15) is 0 Å². The fourth-order valence-electron chi connectivity index (χ4n) is 3.51. The second-order valence-electron chi connectivity index (χ2n) is 7.68. The van der Waals surface area contributed by atoms with Crippen molar-refractivity contribution >= 4 is 5.97 Å². The Morgan fingerprint density at radius 1 is 1.17 bits per heavy atom. The number of piperidine rings is 1. The van der Waals surface area contributed by atoms with E-state index in [2.05, 4.69) is 27.7 Å². The summed E-state index contributed by atoms with van der Waals surface area (Å²) in [6, 6.07) is 7.19. The third kappa shape index (κ3) is 3.97. The van der Waals surface area contributed by atoms with Crippen molar-refractivity contribution in [1.82, 2.24) is 5.06 Å². The molecule has 5 heteroatoms. The lowest BCUT2D eigenvalue weighted by molar-refractivity contribution is -0.304. The highest BCUT2D eigenvalue weighted by atomic mass is 16.7. The molecule has 0 bridgehead atoms. The number of aliphatic hydroxyl groups is 1. The van der Waals surface area contributed by atoms with Crippen LogP contribution >= 0.6 is 0 Å². The highest BCUT2D eigenvalue weighted by Crippen LogP contribution is 2.40. The van der Waals surface area contributed by atoms with Gasteiger partial charge in [0.2, 0.25) is 6.10 Å². The van der Waals surface area contributed by atoms with Crippen LogP contribution in [0.2, 0.25) is 0 Å². The molecule has 1 aliphatic heterocycles. The standard InChI is InChI=1S/C19H29NO4/c1-18(2)11-6-12-19(3,4)20(18)24-16(17(22)23-5)15-9-7-14(13-21)8-10-15/h7-10,16,21H,6,11-13H2,1-5H3. The maximum Gasteiger partial charge on any atom is 0.341 e. The number of benzene rings is 1. The molecule has 1 aromatic rings. The monoisotopic (exact) mass is 335 g/mol. The maximum atomic E-state index is 12.3. The first-order valence-electron chi connectivity index (χ1n) is 8.46. The molecule has 2 rings (SSSR count). The number of rotatable bonds is 5. The van der Waals surface area contributed by atoms with Gasteiger partial charge in [0.05, 0.1) is 13.7 Å². The second kappa shape index (κ2) is 7.21. The van der Waals surface area contributed by atoms with Gasteiger partial charge in [-0.25, -0.2) is 4.79 Å². The number of methoxy groups -OCH3 is 1. The van der Waals surface area contributed by atoms with Gasteiger partial charge in [-0.05, 0) is 58.1 Å². The molecule has 1 N–H and O–H groups in total. The van der Waals surface area contributed by atoms with Gasteiger partial charge >= 0.3 is 5.97 Å². The Kier molecular flexibility index (Phi) is 5.68. The fourth-order valence-corrected chi connectivity index (χ4v) is 3.51. The van der Waals surface area contributed by atoms with Gasteiger partial charge in [0.25, 0.3) is 0 Å². The van der Waals surface area contributed by atoms with Gasteiger partial charge in [-0.1, -0.05) is 24.3 Å². The SMILES string of the molecule is COC(=O)C(ON1C(C)(C)CCCC1(C)C)c1ccc(CO)cc1. The minimum absolute atomic E-state index is 0.0315. The first-order chi connectivity index (χ1) is 11.2. The number of hydrogen-bond acceptors (Lipinski definition) is 5. The molecule has 1 fully saturated rings. The molecule has 1 unspecified atom stereocenters. The number of hydrogen-bond donors (Lipinski definition) is 1. The van der Waals surface area contributed by atoms with Gasteiger partial charge in [0, 0.05) is 11.1 Å². The number of hydroxylamine groups is 2. The van der Waals surface area contributed by atoms with E-state index in [0.717, 1.165) is 30.4 Å². The third-order valence-electron chi connectivity index (χ3n) is 4.77. The largest absolute Gasteiger partial charge is 0.467 e. The van der Waals surface area contributed by atoms with Crippen molar-refractivity contribution in [2.75, 3.05) is 7.11 Å². The van der Waals surface area contributed by atoms with E-state index in [0.29, 0.717) is 0 Å². The Hall–Kier alpha value is -1.43. The number of carbonyl (C=O) groups excluding carboxylic acids is 1. The summed E-state index contributed by atoms with van der Waals surface area (Å²) < 4.78 is 4.96. The van der Waals surface area contributed by atoms with Crippen molar-refractivity contribution in [3.63, 3.8) is 0 Å². The molecule has 0 amide bonds. The zero-order valence-corrected chi connectivity index (χ0v) is 15.3. The zero-order valence-electron chi connectivity index (χ0n) is 15.3. The van der Waals surface area contributed by atoms with Crippen LogP contribution in [-0.2, 0) is 21.0 Å². The number of aliphatic hydroxyl groups excluding tert-OH is 1. The summed E-state index contributed by atoms with van der Waals surface area (Å²) in [6.45, 7) is 8.51. The van der Waals surface area contributed by atoms with Crippen LogP contribution < -0.4 is 0 Å². The summed E-state index contributed by atoms with van der Waals surface area (Å²) in [4.78, 5) is 18.6. The van der Waals surface area contributed by atoms with E-state index in [1.54, 1.807) is 24.3 Å². The van der Waals surface area contributed by atoms with Crippen LogP contribution in [-0.4, -0.2) is 34.3 Å². The smallest absolute Gasteiger partial charge is 0.341 e. The van der Waals surface area contributed by atoms with Crippen LogP contribution in [0.5, 0.6) is 0 Å². The van der Waals surface area contributed by atoms with E-state index in [1.165, 1.54) is 7.11 Å². The van der Waals surface area contributed by atoms with E-state index in [9.17, 15) is 9.90 Å². The van der Waals surface area contributed by atoms with Crippen LogP contribution in [0.3, 0.4) is 0 Å². The molecular weight excluding hydrogens is 306 g/mol. The average molecular weight is 335 g/mol. The van der Waals surface area contributed by atoms with Crippen LogP contribution in [0, 0.1) is 0 Å². The molecular formula is C19H29NO4. The first kappa shape index (κ1) is 18.9. The summed E-state index contributed by atoms with van der Waals surface area (Å²) >= 11 is 0. The van der Waals surface area contributed by atoms with Crippen LogP contribution in [0.25, 0.3) is 0 Å². The third-order valence-corrected chi connectivity index (χ3v) is 4.77. The molecule has 0 aromatic heterocycles. The molecule has 0 saturated carbocycles. The second-order valence-corrected chi connectivity index (χ2v) is 7.68. The van der Waals surface area contributed by atoms with E-state index < -0.39 is 12.1 Å². The van der Waals surface area contributed by atoms with Gasteiger partial charge in [-0.2, -0.15) is 5.06 Å². The normalized spacial score (nSPS) is 21.2. The highest BCUT2D eigenvalue weighted by molar-refractivity contribution is 5.76. The Balaban J connectivity index is 2.32. The zero-order chi connectivity index (χ0) is 18.0. The van der Waals surface area contributed by atoms with Gasteiger partial charge in [0.15, 0.2) is 0 Å². The molecule has 1 aromatic carbocycles. The number of nitrogens with zero attached hydrogens (tertiary/aromatic N) is 1. The highest BCUT2D eigenvalue weighted by Gasteiger charge is 2.45. The lowest BCUT2D eigenvalue weighted by Gasteiger charge is -2.52. The molecule has 0 aliphatic carbocycles. The number of ether oxygens (including phenoxy) is 1. The Bertz CT molecular complexity index is 549. The summed E-state index contributed by atoms with van der Waals surface area (Å²) in [5, 5.41) is 11.2. The molecule has 0 radical (unpaired) electrons. The molecule has 1 heterocycles. The summed E-state index contributed by atoms with van der Waals surface area (Å²) in [6.07, 6.45) is 2.33. The predicted molar refractivity (Wildman–Crippen MR) is 92.1 cm³/mol. The van der Waals surface area contributed by atoms with Gasteiger partial charge in [-0.3, -0.25) is 4.84 Å². The summed E-state index contributed by atoms with van der Waals surface area (Å²) in [5.41, 5.74) is 1.18. The van der Waals surface area contributed by atoms with Crippen molar-refractivity contribution in [1.29, 1.82) is 0 Å². The van der Waals surface area contributed by atoms with E-state index in [1.807, 2.05) is 5.06 Å². The topological polar surface area (TPSA) is 59.0 Å². The Morgan fingerprint density at radius 3 is 2.17 bits per heavy atom. The number of esters is 1. The van der Waals surface area contributed by atoms with Crippen molar-refractivity contribution in [3.05, 3.63) is 35.4 Å². The predicted octanol–water partition coefficient (Wildman–Crippen LogP) is 3.37. The van der Waals surface area contributed by atoms with Crippen molar-refractivity contribution < 1.29 is 19.5 Å². The molecule has 5 nitrogen and oxygen atoms in total. The van der Waals surface area contributed by atoms with Crippen LogP contribution in [0.4, 0.5) is 0 Å². The molecule has 24 heavy (non-hydrogen) atoms. The molecule has 134 valence electrons. The van der Waals surface area contributed by atoms with E-state index in [4.69, 9.17) is 9.57 Å². The Labute approximate surface area is 144 Å². The van der Waals surface area contributed by atoms with Crippen LogP contribution in [0.1, 0.15) is 64.2 Å².